The number of thioether (sulfide) groups is 1. The molecule has 0 fully saturated rings. The summed E-state index contributed by atoms with van der Waals surface area (Å²) in [5.74, 6) is -0.0831. The number of nitrogens with zero attached hydrogens (tertiary/aromatic N) is 2. The zero-order valence-corrected chi connectivity index (χ0v) is 20.2. The van der Waals surface area contributed by atoms with Gasteiger partial charge in [0.25, 0.3) is 5.91 Å². The van der Waals surface area contributed by atoms with Crippen molar-refractivity contribution in [3.05, 3.63) is 64.8 Å². The van der Waals surface area contributed by atoms with E-state index in [0.717, 1.165) is 43.0 Å². The van der Waals surface area contributed by atoms with Gasteiger partial charge in [-0.2, -0.15) is 0 Å². The van der Waals surface area contributed by atoms with Gasteiger partial charge in [0, 0.05) is 38.2 Å². The van der Waals surface area contributed by atoms with Crippen molar-refractivity contribution in [3.63, 3.8) is 0 Å². The van der Waals surface area contributed by atoms with E-state index in [2.05, 4.69) is 37.3 Å². The van der Waals surface area contributed by atoms with E-state index >= 15 is 0 Å². The minimum Gasteiger partial charge on any atom is -0.354 e. The molecule has 0 atom stereocenters. The minimum absolute atomic E-state index is 0.0831. The van der Waals surface area contributed by atoms with Gasteiger partial charge in [0.05, 0.1) is 11.4 Å². The SMILES string of the molecule is CSc1nccc(-c2c(-c3ccc(C(=O)NC(C)(C)C)cc3)[nH]c3ccc(Br)cc23)n1. The second kappa shape index (κ2) is 8.48. The topological polar surface area (TPSA) is 70.7 Å². The molecule has 0 saturated carbocycles. The first-order chi connectivity index (χ1) is 14.7. The maximum absolute atomic E-state index is 12.5. The zero-order valence-electron chi connectivity index (χ0n) is 17.8. The lowest BCUT2D eigenvalue weighted by Gasteiger charge is -2.20. The molecule has 5 nitrogen and oxygen atoms in total. The van der Waals surface area contributed by atoms with Crippen LogP contribution < -0.4 is 5.32 Å². The minimum atomic E-state index is -0.282. The molecule has 2 heterocycles. The third-order valence-corrected chi connectivity index (χ3v) is 5.81. The van der Waals surface area contributed by atoms with Crippen molar-refractivity contribution in [1.82, 2.24) is 20.3 Å². The van der Waals surface area contributed by atoms with E-state index in [1.807, 2.05) is 69.5 Å². The van der Waals surface area contributed by atoms with Crippen LogP contribution in [0.2, 0.25) is 0 Å². The molecule has 0 bridgehead atoms. The fraction of sp³-hybridized carbons (Fsp3) is 0.208. The predicted molar refractivity (Wildman–Crippen MR) is 131 cm³/mol. The van der Waals surface area contributed by atoms with Crippen LogP contribution in [0, 0.1) is 0 Å². The maximum Gasteiger partial charge on any atom is 0.251 e. The summed E-state index contributed by atoms with van der Waals surface area (Å²) in [6, 6.07) is 15.7. The Morgan fingerprint density at radius 1 is 1.10 bits per heavy atom. The molecule has 4 rings (SSSR count). The first kappa shape index (κ1) is 21.6. The van der Waals surface area contributed by atoms with Crippen molar-refractivity contribution in [3.8, 4) is 22.5 Å². The summed E-state index contributed by atoms with van der Waals surface area (Å²) >= 11 is 5.10. The van der Waals surface area contributed by atoms with E-state index in [9.17, 15) is 4.79 Å². The van der Waals surface area contributed by atoms with E-state index in [4.69, 9.17) is 4.98 Å². The standard InChI is InChI=1S/C24H23BrN4OS/c1-24(2,3)29-22(30)15-7-5-14(6-8-15)21-20(19-11-12-26-23(28-19)31-4)17-13-16(25)9-10-18(17)27-21/h5-13,27H,1-4H3,(H,29,30). The highest BCUT2D eigenvalue weighted by Crippen LogP contribution is 2.38. The van der Waals surface area contributed by atoms with Crippen LogP contribution in [0.15, 0.2) is 64.4 Å². The first-order valence-electron chi connectivity index (χ1n) is 9.87. The van der Waals surface area contributed by atoms with Gasteiger partial charge in [0.2, 0.25) is 0 Å². The average molecular weight is 495 g/mol. The molecule has 1 amide bonds. The molecular formula is C24H23BrN4OS. The number of amides is 1. The molecule has 0 aliphatic rings. The van der Waals surface area contributed by atoms with Crippen LogP contribution in [0.4, 0.5) is 0 Å². The number of carbonyl (C=O) groups excluding carboxylic acids is 1. The van der Waals surface area contributed by atoms with E-state index in [-0.39, 0.29) is 11.4 Å². The molecule has 2 aromatic heterocycles. The Morgan fingerprint density at radius 3 is 2.52 bits per heavy atom. The second-order valence-electron chi connectivity index (χ2n) is 8.27. The lowest BCUT2D eigenvalue weighted by molar-refractivity contribution is 0.0919. The number of fused-ring (bicyclic) bond motifs is 1. The van der Waals surface area contributed by atoms with Gasteiger partial charge in [-0.15, -0.1) is 0 Å². The van der Waals surface area contributed by atoms with Crippen LogP contribution in [-0.2, 0) is 0 Å². The maximum atomic E-state index is 12.5. The Balaban J connectivity index is 1.83. The zero-order chi connectivity index (χ0) is 22.2. The number of hydrogen-bond donors (Lipinski definition) is 2. The van der Waals surface area contributed by atoms with Gasteiger partial charge in [-0.25, -0.2) is 9.97 Å². The molecule has 7 heteroatoms. The lowest BCUT2D eigenvalue weighted by atomic mass is 10.0. The number of aromatic amines is 1. The van der Waals surface area contributed by atoms with E-state index in [0.29, 0.717) is 5.56 Å². The summed E-state index contributed by atoms with van der Waals surface area (Å²) in [5, 5.41) is 4.80. The molecular weight excluding hydrogens is 472 g/mol. The third kappa shape index (κ3) is 4.67. The largest absolute Gasteiger partial charge is 0.354 e. The highest BCUT2D eigenvalue weighted by atomic mass is 79.9. The molecule has 4 aromatic rings. The van der Waals surface area contributed by atoms with E-state index in [1.54, 1.807) is 6.20 Å². The lowest BCUT2D eigenvalue weighted by Crippen LogP contribution is -2.40. The van der Waals surface area contributed by atoms with Crippen LogP contribution in [0.5, 0.6) is 0 Å². The summed E-state index contributed by atoms with van der Waals surface area (Å²) in [6.45, 7) is 5.91. The van der Waals surface area contributed by atoms with Gasteiger partial charge < -0.3 is 10.3 Å². The number of aromatic nitrogens is 3. The second-order valence-corrected chi connectivity index (χ2v) is 9.96. The number of hydrogen-bond acceptors (Lipinski definition) is 4. The van der Waals surface area contributed by atoms with Crippen molar-refractivity contribution in [2.24, 2.45) is 0 Å². The molecule has 158 valence electrons. The van der Waals surface area contributed by atoms with Gasteiger partial charge in [-0.05, 0) is 69.0 Å². The Kier molecular flexibility index (Phi) is 5.90. The number of benzene rings is 2. The van der Waals surface area contributed by atoms with Crippen molar-refractivity contribution in [2.75, 3.05) is 6.26 Å². The fourth-order valence-electron chi connectivity index (χ4n) is 3.43. The van der Waals surface area contributed by atoms with Crippen LogP contribution >= 0.6 is 27.7 Å². The summed E-state index contributed by atoms with van der Waals surface area (Å²) in [4.78, 5) is 25.1. The summed E-state index contributed by atoms with van der Waals surface area (Å²) in [7, 11) is 0. The number of nitrogens with one attached hydrogen (secondary N) is 2. The predicted octanol–water partition coefficient (Wildman–Crippen LogP) is 6.30. The molecule has 0 aliphatic carbocycles. The number of rotatable bonds is 4. The van der Waals surface area contributed by atoms with Gasteiger partial charge >= 0.3 is 0 Å². The summed E-state index contributed by atoms with van der Waals surface area (Å²) < 4.78 is 1.00. The van der Waals surface area contributed by atoms with Crippen LogP contribution in [0.3, 0.4) is 0 Å². The molecule has 31 heavy (non-hydrogen) atoms. The summed E-state index contributed by atoms with van der Waals surface area (Å²) in [6.07, 6.45) is 3.75. The normalized spacial score (nSPS) is 11.6. The van der Waals surface area contributed by atoms with Crippen LogP contribution in [-0.4, -0.2) is 32.7 Å². The Hall–Kier alpha value is -2.64. The Bertz CT molecular complexity index is 1260. The van der Waals surface area contributed by atoms with E-state index in [1.165, 1.54) is 11.8 Å². The first-order valence-corrected chi connectivity index (χ1v) is 11.9. The molecule has 2 aromatic carbocycles. The fourth-order valence-corrected chi connectivity index (χ4v) is 4.14. The van der Waals surface area contributed by atoms with Crippen molar-refractivity contribution < 1.29 is 4.79 Å². The molecule has 0 unspecified atom stereocenters. The van der Waals surface area contributed by atoms with Crippen molar-refractivity contribution >= 4 is 44.5 Å². The third-order valence-electron chi connectivity index (χ3n) is 4.76. The van der Waals surface area contributed by atoms with Crippen LogP contribution in [0.1, 0.15) is 31.1 Å². The average Bonchev–Trinajstić information content (AvgIpc) is 3.11. The van der Waals surface area contributed by atoms with Gasteiger partial charge in [-0.1, -0.05) is 39.8 Å². The monoisotopic (exact) mass is 494 g/mol. The van der Waals surface area contributed by atoms with Crippen molar-refractivity contribution in [1.29, 1.82) is 0 Å². The van der Waals surface area contributed by atoms with Crippen LogP contribution in [0.25, 0.3) is 33.4 Å². The van der Waals surface area contributed by atoms with Crippen molar-refractivity contribution in [2.45, 2.75) is 31.5 Å². The van der Waals surface area contributed by atoms with Gasteiger partial charge in [-0.3, -0.25) is 4.79 Å². The number of carbonyl (C=O) groups is 1. The Labute approximate surface area is 194 Å². The number of H-pyrrole nitrogens is 1. The molecule has 2 N–H and O–H groups in total. The highest BCUT2D eigenvalue weighted by molar-refractivity contribution is 9.10. The molecule has 0 saturated heterocycles. The summed E-state index contributed by atoms with van der Waals surface area (Å²) in [5.41, 5.74) is 5.18. The Morgan fingerprint density at radius 2 is 1.84 bits per heavy atom. The quantitative estimate of drug-likeness (QED) is 0.257. The molecule has 0 spiro atoms. The van der Waals surface area contributed by atoms with Gasteiger partial charge in [0.1, 0.15) is 0 Å². The van der Waals surface area contributed by atoms with E-state index < -0.39 is 0 Å². The van der Waals surface area contributed by atoms with Gasteiger partial charge in [0.15, 0.2) is 5.16 Å². The molecule has 0 aliphatic heterocycles. The number of halogens is 1. The molecule has 0 radical (unpaired) electrons. The smallest absolute Gasteiger partial charge is 0.251 e. The highest BCUT2D eigenvalue weighted by Gasteiger charge is 2.19.